The number of rotatable bonds is 0. The Bertz CT molecular complexity index is 482. The van der Waals surface area contributed by atoms with Gasteiger partial charge >= 0.3 is 0 Å². The second kappa shape index (κ2) is 16.8. The number of benzene rings is 3. The summed E-state index contributed by atoms with van der Waals surface area (Å²) in [5.74, 6) is 0. The second-order valence-electron chi connectivity index (χ2n) is 3.67. The van der Waals surface area contributed by atoms with Crippen LogP contribution in [0.3, 0.4) is 0 Å². The van der Waals surface area contributed by atoms with Gasteiger partial charge in [-0.3, -0.25) is 24.3 Å². The van der Waals surface area contributed by atoms with Crippen LogP contribution >= 0.6 is 0 Å². The van der Waals surface area contributed by atoms with E-state index in [1.807, 2.05) is 24.3 Å². The SMILES string of the molecule is Nc1cc[c-]cc1.Nc1cc[c-]cc1.[Y].[Y].[c-]1cc[c-]cc1. The average Bonchev–Trinajstić information content (AvgIpc) is 2.52. The molecule has 0 aliphatic carbocycles. The summed E-state index contributed by atoms with van der Waals surface area (Å²) in [6.45, 7) is 0. The van der Waals surface area contributed by atoms with Crippen LogP contribution in [0.4, 0.5) is 11.4 Å². The van der Waals surface area contributed by atoms with Crippen LogP contribution in [0.2, 0.25) is 0 Å². The topological polar surface area (TPSA) is 52.0 Å². The molecule has 3 aromatic carbocycles. The molecule has 0 aromatic heterocycles. The second-order valence-corrected chi connectivity index (χ2v) is 3.67. The summed E-state index contributed by atoms with van der Waals surface area (Å²) in [6, 6.07) is 33.1. The van der Waals surface area contributed by atoms with Gasteiger partial charge in [0.15, 0.2) is 0 Å². The number of nitrogens with two attached hydrogens (primary N) is 2. The Kier molecular flexibility index (Phi) is 18.2. The first-order chi connectivity index (χ1) is 9.79. The minimum absolute atomic E-state index is 0. The summed E-state index contributed by atoms with van der Waals surface area (Å²) < 4.78 is 0. The molecule has 0 fully saturated rings. The van der Waals surface area contributed by atoms with Gasteiger partial charge < -0.3 is 23.6 Å². The van der Waals surface area contributed by atoms with E-state index < -0.39 is 0 Å². The van der Waals surface area contributed by atoms with Crippen LogP contribution < -0.4 is 11.5 Å². The molecule has 2 nitrogen and oxygen atoms in total. The molecule has 0 aliphatic heterocycles. The number of nitrogen functional groups attached to an aromatic ring is 2. The number of hydrogen-bond acceptors (Lipinski definition) is 2. The van der Waals surface area contributed by atoms with E-state index in [2.05, 4.69) is 24.3 Å². The Morgan fingerprint density at radius 2 is 0.682 bits per heavy atom. The van der Waals surface area contributed by atoms with E-state index in [1.54, 1.807) is 48.5 Å². The average molecular weight is 438 g/mol. The maximum absolute atomic E-state index is 5.34. The molecule has 108 valence electrons. The number of hydrogen-bond donors (Lipinski definition) is 2. The summed E-state index contributed by atoms with van der Waals surface area (Å²) in [6.07, 6.45) is 0. The van der Waals surface area contributed by atoms with E-state index in [9.17, 15) is 0 Å². The Morgan fingerprint density at radius 1 is 0.455 bits per heavy atom. The van der Waals surface area contributed by atoms with E-state index >= 15 is 0 Å². The summed E-state index contributed by atoms with van der Waals surface area (Å²) in [7, 11) is 0. The Morgan fingerprint density at radius 3 is 0.818 bits per heavy atom. The van der Waals surface area contributed by atoms with Crippen LogP contribution in [0.1, 0.15) is 0 Å². The molecular formula is C18H16N2Y2-4. The third kappa shape index (κ3) is 14.4. The molecule has 3 rings (SSSR count). The van der Waals surface area contributed by atoms with Gasteiger partial charge in [0.05, 0.1) is 0 Å². The van der Waals surface area contributed by atoms with Gasteiger partial charge in [0.2, 0.25) is 0 Å². The summed E-state index contributed by atoms with van der Waals surface area (Å²) in [4.78, 5) is 0. The normalized spacial score (nSPS) is 7.64. The third-order valence-electron chi connectivity index (χ3n) is 2.04. The molecule has 0 aliphatic rings. The van der Waals surface area contributed by atoms with Crippen molar-refractivity contribution in [3.63, 3.8) is 0 Å². The minimum atomic E-state index is 0. The monoisotopic (exact) mass is 438 g/mol. The van der Waals surface area contributed by atoms with Gasteiger partial charge in [-0.2, -0.15) is 36.4 Å². The van der Waals surface area contributed by atoms with Crippen molar-refractivity contribution in [1.82, 2.24) is 0 Å². The van der Waals surface area contributed by atoms with Gasteiger partial charge in [-0.1, -0.05) is 11.4 Å². The maximum Gasteiger partial charge on any atom is 0 e. The van der Waals surface area contributed by atoms with Crippen molar-refractivity contribution < 1.29 is 65.4 Å². The predicted molar refractivity (Wildman–Crippen MR) is 83.5 cm³/mol. The van der Waals surface area contributed by atoms with Crippen LogP contribution in [0.15, 0.2) is 72.8 Å². The van der Waals surface area contributed by atoms with Crippen LogP contribution in [-0.4, -0.2) is 0 Å². The molecule has 0 saturated heterocycles. The van der Waals surface area contributed by atoms with Crippen molar-refractivity contribution in [1.29, 1.82) is 0 Å². The zero-order chi connectivity index (χ0) is 14.5. The van der Waals surface area contributed by atoms with Gasteiger partial charge in [-0.15, -0.1) is 24.3 Å². The summed E-state index contributed by atoms with van der Waals surface area (Å²) in [5, 5.41) is 0. The van der Waals surface area contributed by atoms with Crippen LogP contribution in [-0.2, 0) is 65.4 Å². The minimum Gasteiger partial charge on any atom is -0.419 e. The van der Waals surface area contributed by atoms with Crippen molar-refractivity contribution in [2.24, 2.45) is 0 Å². The van der Waals surface area contributed by atoms with Crippen molar-refractivity contribution in [2.45, 2.75) is 0 Å². The molecule has 0 saturated carbocycles. The van der Waals surface area contributed by atoms with E-state index in [0.29, 0.717) is 0 Å². The molecule has 0 unspecified atom stereocenters. The third-order valence-corrected chi connectivity index (χ3v) is 2.04. The molecule has 22 heavy (non-hydrogen) atoms. The predicted octanol–water partition coefficient (Wildman–Crippen LogP) is 3.42. The van der Waals surface area contributed by atoms with Gasteiger partial charge in [0.25, 0.3) is 0 Å². The first kappa shape index (κ1) is 23.7. The van der Waals surface area contributed by atoms with E-state index in [0.717, 1.165) is 11.4 Å². The molecule has 4 heteroatoms. The Hall–Kier alpha value is -0.532. The van der Waals surface area contributed by atoms with Crippen molar-refractivity contribution >= 4 is 11.4 Å². The van der Waals surface area contributed by atoms with E-state index in [1.165, 1.54) is 0 Å². The molecule has 0 atom stereocenters. The molecule has 2 radical (unpaired) electrons. The summed E-state index contributed by atoms with van der Waals surface area (Å²) >= 11 is 0. The zero-order valence-electron chi connectivity index (χ0n) is 12.2. The maximum atomic E-state index is 5.34. The number of anilines is 2. The largest absolute Gasteiger partial charge is 0.419 e. The van der Waals surface area contributed by atoms with E-state index in [-0.39, 0.29) is 65.4 Å². The summed E-state index contributed by atoms with van der Waals surface area (Å²) in [5.41, 5.74) is 12.3. The fourth-order valence-corrected chi connectivity index (χ4v) is 1.10. The molecule has 0 bridgehead atoms. The van der Waals surface area contributed by atoms with Gasteiger partial charge in [0.1, 0.15) is 0 Å². The molecular weight excluding hydrogens is 422 g/mol. The molecule has 3 aromatic rings. The first-order valence-corrected chi connectivity index (χ1v) is 6.04. The molecule has 0 spiro atoms. The van der Waals surface area contributed by atoms with Crippen LogP contribution in [0.5, 0.6) is 0 Å². The standard InChI is InChI=1S/2C6H6N.C6H4.2Y/c2*7-6-4-2-1-3-5-6;1-2-4-6-5-3-1;;/h2*2-5H,7H2;1-2,5-6H;;/q2*-1;-2;;. The smallest absolute Gasteiger partial charge is 0 e. The van der Waals surface area contributed by atoms with Crippen molar-refractivity contribution in [3.05, 3.63) is 97.1 Å². The Balaban J connectivity index is 0. The van der Waals surface area contributed by atoms with E-state index in [4.69, 9.17) is 11.5 Å². The van der Waals surface area contributed by atoms with Gasteiger partial charge in [0, 0.05) is 65.4 Å². The molecule has 0 amide bonds. The van der Waals surface area contributed by atoms with Crippen molar-refractivity contribution in [3.8, 4) is 0 Å². The van der Waals surface area contributed by atoms with Gasteiger partial charge in [-0.25, -0.2) is 0 Å². The fourth-order valence-electron chi connectivity index (χ4n) is 1.10. The van der Waals surface area contributed by atoms with Gasteiger partial charge in [-0.05, 0) is 0 Å². The first-order valence-electron chi connectivity index (χ1n) is 6.04. The van der Waals surface area contributed by atoms with Crippen LogP contribution in [0, 0.1) is 24.3 Å². The molecule has 0 heterocycles. The fraction of sp³-hybridized carbons (Fsp3) is 0. The zero-order valence-corrected chi connectivity index (χ0v) is 17.9. The quantitative estimate of drug-likeness (QED) is 0.418. The van der Waals surface area contributed by atoms with Crippen LogP contribution in [0.25, 0.3) is 0 Å². The van der Waals surface area contributed by atoms with Crippen molar-refractivity contribution in [2.75, 3.05) is 11.5 Å². The molecule has 4 N–H and O–H groups in total. The Labute approximate surface area is 183 Å².